The zero-order valence-corrected chi connectivity index (χ0v) is 19.9. The van der Waals surface area contributed by atoms with Crippen LogP contribution in [0, 0.1) is 13.8 Å². The number of esters is 1. The van der Waals surface area contributed by atoms with Crippen molar-refractivity contribution < 1.29 is 23.5 Å². The average Bonchev–Trinajstić information content (AvgIpc) is 3.48. The second-order valence-corrected chi connectivity index (χ2v) is 8.56. The van der Waals surface area contributed by atoms with Gasteiger partial charge >= 0.3 is 5.97 Å². The Bertz CT molecular complexity index is 1300. The topological polar surface area (TPSA) is 81.9 Å². The van der Waals surface area contributed by atoms with Gasteiger partial charge in [0, 0.05) is 17.9 Å². The summed E-state index contributed by atoms with van der Waals surface area (Å²) in [4.78, 5) is 31.1. The molecular formula is C26H24N2O5S. The maximum atomic E-state index is 12.6. The largest absolute Gasteiger partial charge is 0.489 e. The Morgan fingerprint density at radius 3 is 2.59 bits per heavy atom. The molecule has 0 atom stereocenters. The fraction of sp³-hybridized carbons (Fsp3) is 0.192. The van der Waals surface area contributed by atoms with Gasteiger partial charge in [-0.3, -0.25) is 9.69 Å². The number of thiazole rings is 1. The van der Waals surface area contributed by atoms with E-state index in [9.17, 15) is 9.59 Å². The van der Waals surface area contributed by atoms with Crippen LogP contribution in [0.15, 0.2) is 70.7 Å². The Labute approximate surface area is 201 Å². The van der Waals surface area contributed by atoms with Crippen molar-refractivity contribution >= 4 is 34.0 Å². The van der Waals surface area contributed by atoms with E-state index in [-0.39, 0.29) is 24.9 Å². The SMILES string of the molecule is CC(=O)N(c1nc(COC(=O)c2occc2COc2ccccc2)cs1)c1ccc(C)cc1C. The van der Waals surface area contributed by atoms with Crippen LogP contribution in [0.25, 0.3) is 0 Å². The van der Waals surface area contributed by atoms with Gasteiger partial charge in [-0.2, -0.15) is 0 Å². The predicted molar refractivity (Wildman–Crippen MR) is 129 cm³/mol. The first-order valence-electron chi connectivity index (χ1n) is 10.7. The quantitative estimate of drug-likeness (QED) is 0.291. The predicted octanol–water partition coefficient (Wildman–Crippen LogP) is 5.97. The van der Waals surface area contributed by atoms with Gasteiger partial charge in [-0.25, -0.2) is 9.78 Å². The van der Waals surface area contributed by atoms with Gasteiger partial charge in [0.25, 0.3) is 0 Å². The molecule has 2 aromatic heterocycles. The molecule has 0 aliphatic carbocycles. The zero-order valence-electron chi connectivity index (χ0n) is 19.1. The van der Waals surface area contributed by atoms with Crippen molar-refractivity contribution in [2.75, 3.05) is 4.90 Å². The minimum Gasteiger partial charge on any atom is -0.489 e. The molecule has 0 aliphatic heterocycles. The second kappa shape index (κ2) is 10.4. The summed E-state index contributed by atoms with van der Waals surface area (Å²) in [6, 6.07) is 16.9. The molecule has 1 amide bonds. The number of hydrogen-bond acceptors (Lipinski definition) is 7. The van der Waals surface area contributed by atoms with Gasteiger partial charge < -0.3 is 13.9 Å². The van der Waals surface area contributed by atoms with E-state index < -0.39 is 5.97 Å². The maximum Gasteiger partial charge on any atom is 0.375 e. The third kappa shape index (κ3) is 5.35. The first-order chi connectivity index (χ1) is 16.4. The van der Waals surface area contributed by atoms with Crippen LogP contribution in [0.3, 0.4) is 0 Å². The highest BCUT2D eigenvalue weighted by atomic mass is 32.1. The molecule has 0 unspecified atom stereocenters. The number of hydrogen-bond donors (Lipinski definition) is 0. The van der Waals surface area contributed by atoms with Gasteiger partial charge in [0.05, 0.1) is 17.6 Å². The number of anilines is 2. The summed E-state index contributed by atoms with van der Waals surface area (Å²) in [5, 5.41) is 2.28. The lowest BCUT2D eigenvalue weighted by molar-refractivity contribution is -0.115. The van der Waals surface area contributed by atoms with Crippen molar-refractivity contribution in [1.82, 2.24) is 4.98 Å². The molecule has 4 aromatic rings. The molecule has 7 nitrogen and oxygen atoms in total. The number of ether oxygens (including phenoxy) is 2. The van der Waals surface area contributed by atoms with Gasteiger partial charge in [-0.15, -0.1) is 11.3 Å². The number of para-hydroxylation sites is 1. The van der Waals surface area contributed by atoms with Crippen molar-refractivity contribution in [3.8, 4) is 5.75 Å². The van der Waals surface area contributed by atoms with Gasteiger partial charge in [0.15, 0.2) is 5.13 Å². The highest BCUT2D eigenvalue weighted by Gasteiger charge is 2.21. The molecule has 2 aromatic carbocycles. The monoisotopic (exact) mass is 476 g/mol. The van der Waals surface area contributed by atoms with Crippen LogP contribution in [0.2, 0.25) is 0 Å². The van der Waals surface area contributed by atoms with E-state index in [4.69, 9.17) is 13.9 Å². The molecule has 2 heterocycles. The van der Waals surface area contributed by atoms with Gasteiger partial charge in [-0.05, 0) is 43.7 Å². The first kappa shape index (κ1) is 23.3. The molecule has 4 rings (SSSR count). The molecule has 0 saturated heterocycles. The van der Waals surface area contributed by atoms with E-state index in [1.54, 1.807) is 16.3 Å². The Morgan fingerprint density at radius 2 is 1.85 bits per heavy atom. The summed E-state index contributed by atoms with van der Waals surface area (Å²) >= 11 is 1.31. The standard InChI is InChI=1S/C26H24N2O5S/c1-17-9-10-23(18(2)13-17)28(19(3)29)26-27-21(16-34-26)15-33-25(30)24-20(11-12-31-24)14-32-22-7-5-4-6-8-22/h4-13,16H,14-15H2,1-3H3. The molecule has 0 fully saturated rings. The number of furan rings is 1. The smallest absolute Gasteiger partial charge is 0.375 e. The first-order valence-corrected chi connectivity index (χ1v) is 11.5. The molecule has 0 spiro atoms. The van der Waals surface area contributed by atoms with Crippen molar-refractivity contribution in [2.45, 2.75) is 34.0 Å². The number of aryl methyl sites for hydroxylation is 2. The molecule has 0 N–H and O–H groups in total. The number of benzene rings is 2. The summed E-state index contributed by atoms with van der Waals surface area (Å²) in [5.74, 6) is 0.0244. The van der Waals surface area contributed by atoms with Crippen LogP contribution in [-0.4, -0.2) is 16.9 Å². The van der Waals surface area contributed by atoms with Crippen LogP contribution in [0.1, 0.15) is 39.9 Å². The van der Waals surface area contributed by atoms with Crippen molar-refractivity contribution in [3.05, 3.63) is 94.4 Å². The summed E-state index contributed by atoms with van der Waals surface area (Å²) in [5.41, 5.74) is 3.99. The Kier molecular flexibility index (Phi) is 7.08. The van der Waals surface area contributed by atoms with Crippen molar-refractivity contribution in [1.29, 1.82) is 0 Å². The normalized spacial score (nSPS) is 10.7. The fourth-order valence-electron chi connectivity index (χ4n) is 3.44. The lowest BCUT2D eigenvalue weighted by Crippen LogP contribution is -2.23. The molecular weight excluding hydrogens is 452 g/mol. The number of carbonyl (C=O) groups is 2. The van der Waals surface area contributed by atoms with Crippen LogP contribution in [0.4, 0.5) is 10.8 Å². The number of rotatable bonds is 8. The lowest BCUT2D eigenvalue weighted by Gasteiger charge is -2.20. The molecule has 174 valence electrons. The molecule has 0 aliphatic rings. The van der Waals surface area contributed by atoms with Crippen molar-refractivity contribution in [2.24, 2.45) is 0 Å². The van der Waals surface area contributed by atoms with Crippen LogP contribution in [-0.2, 0) is 22.7 Å². The zero-order chi connectivity index (χ0) is 24.1. The number of carbonyl (C=O) groups excluding carboxylic acids is 2. The van der Waals surface area contributed by atoms with Gasteiger partial charge in [0.2, 0.25) is 11.7 Å². The Hall–Kier alpha value is -3.91. The Morgan fingerprint density at radius 1 is 1.06 bits per heavy atom. The number of nitrogens with zero attached hydrogens (tertiary/aromatic N) is 2. The van der Waals surface area contributed by atoms with Crippen molar-refractivity contribution in [3.63, 3.8) is 0 Å². The lowest BCUT2D eigenvalue weighted by atomic mass is 10.1. The van der Waals surface area contributed by atoms with E-state index >= 15 is 0 Å². The Balaban J connectivity index is 1.41. The highest BCUT2D eigenvalue weighted by Crippen LogP contribution is 2.32. The fourth-order valence-corrected chi connectivity index (χ4v) is 4.30. The number of amides is 1. The summed E-state index contributed by atoms with van der Waals surface area (Å²) in [6.45, 7) is 5.58. The van der Waals surface area contributed by atoms with Gasteiger partial charge in [-0.1, -0.05) is 35.9 Å². The molecule has 8 heteroatoms. The molecule has 0 bridgehead atoms. The van der Waals surface area contributed by atoms with E-state index in [1.807, 2.05) is 62.4 Å². The molecule has 34 heavy (non-hydrogen) atoms. The second-order valence-electron chi connectivity index (χ2n) is 7.72. The van der Waals surface area contributed by atoms with E-state index in [1.165, 1.54) is 24.5 Å². The van der Waals surface area contributed by atoms with Crippen LogP contribution >= 0.6 is 11.3 Å². The van der Waals surface area contributed by atoms with E-state index in [0.717, 1.165) is 16.8 Å². The third-order valence-corrected chi connectivity index (χ3v) is 5.93. The highest BCUT2D eigenvalue weighted by molar-refractivity contribution is 7.14. The van der Waals surface area contributed by atoms with Gasteiger partial charge in [0.1, 0.15) is 19.0 Å². The maximum absolute atomic E-state index is 12.6. The molecule has 0 saturated carbocycles. The summed E-state index contributed by atoms with van der Waals surface area (Å²) in [6.07, 6.45) is 1.43. The minimum atomic E-state index is -0.607. The third-order valence-electron chi connectivity index (χ3n) is 5.06. The average molecular weight is 477 g/mol. The number of aromatic nitrogens is 1. The van der Waals surface area contributed by atoms with Crippen LogP contribution < -0.4 is 9.64 Å². The van der Waals surface area contributed by atoms with Crippen LogP contribution in [0.5, 0.6) is 5.75 Å². The summed E-state index contributed by atoms with van der Waals surface area (Å²) in [7, 11) is 0. The summed E-state index contributed by atoms with van der Waals surface area (Å²) < 4.78 is 16.4. The van der Waals surface area contributed by atoms with E-state index in [2.05, 4.69) is 4.98 Å². The minimum absolute atomic E-state index is 0.0480. The van der Waals surface area contributed by atoms with E-state index in [0.29, 0.717) is 22.1 Å². The molecule has 0 radical (unpaired) electrons.